The summed E-state index contributed by atoms with van der Waals surface area (Å²) >= 11 is 0. The van der Waals surface area contributed by atoms with Crippen molar-refractivity contribution in [2.45, 2.75) is 26.3 Å². The summed E-state index contributed by atoms with van der Waals surface area (Å²) in [6.45, 7) is 3.61. The molecule has 2 rings (SSSR count). The number of hydrogen-bond acceptors (Lipinski definition) is 2. The van der Waals surface area contributed by atoms with Crippen molar-refractivity contribution in [2.75, 3.05) is 6.54 Å². The number of phenols is 1. The van der Waals surface area contributed by atoms with Gasteiger partial charge in [-0.1, -0.05) is 48.5 Å². The topological polar surface area (TPSA) is 32.3 Å². The van der Waals surface area contributed by atoms with Crippen LogP contribution in [-0.4, -0.2) is 11.7 Å². The van der Waals surface area contributed by atoms with Gasteiger partial charge >= 0.3 is 0 Å². The Kier molecular flexibility index (Phi) is 4.99. The van der Waals surface area contributed by atoms with Gasteiger partial charge in [-0.05, 0) is 37.4 Å². The van der Waals surface area contributed by atoms with E-state index in [0.29, 0.717) is 5.75 Å². The van der Waals surface area contributed by atoms with Gasteiger partial charge in [0.1, 0.15) is 5.75 Å². The largest absolute Gasteiger partial charge is 0.507 e. The first kappa shape index (κ1) is 13.6. The molecule has 2 heteroatoms. The van der Waals surface area contributed by atoms with Crippen LogP contribution in [0.25, 0.3) is 0 Å². The monoisotopic (exact) mass is 255 g/mol. The van der Waals surface area contributed by atoms with Crippen LogP contribution in [0.2, 0.25) is 0 Å². The zero-order valence-electron chi connectivity index (χ0n) is 11.4. The SMILES string of the molecule is Cc1cccc(CNCCCc2ccccc2)c1O. The van der Waals surface area contributed by atoms with Crippen molar-refractivity contribution in [3.63, 3.8) is 0 Å². The summed E-state index contributed by atoms with van der Waals surface area (Å²) in [4.78, 5) is 0. The number of aryl methyl sites for hydroxylation is 2. The zero-order valence-corrected chi connectivity index (χ0v) is 11.4. The maximum absolute atomic E-state index is 9.89. The Morgan fingerprint density at radius 2 is 1.79 bits per heavy atom. The molecule has 0 aromatic heterocycles. The zero-order chi connectivity index (χ0) is 13.5. The second kappa shape index (κ2) is 6.95. The first-order valence-electron chi connectivity index (χ1n) is 6.79. The summed E-state index contributed by atoms with van der Waals surface area (Å²) in [5.41, 5.74) is 3.28. The second-order valence-electron chi connectivity index (χ2n) is 4.85. The molecular formula is C17H21NO. The molecule has 0 atom stereocenters. The van der Waals surface area contributed by atoms with Crippen LogP contribution in [0.3, 0.4) is 0 Å². The number of para-hydroxylation sites is 1. The molecule has 0 heterocycles. The minimum atomic E-state index is 0.415. The van der Waals surface area contributed by atoms with Crippen molar-refractivity contribution in [3.8, 4) is 5.75 Å². The molecule has 0 aliphatic carbocycles. The maximum atomic E-state index is 9.89. The Balaban J connectivity index is 1.71. The van der Waals surface area contributed by atoms with Gasteiger partial charge in [0.05, 0.1) is 0 Å². The van der Waals surface area contributed by atoms with Crippen LogP contribution >= 0.6 is 0 Å². The number of rotatable bonds is 6. The van der Waals surface area contributed by atoms with Crippen molar-refractivity contribution < 1.29 is 5.11 Å². The minimum absolute atomic E-state index is 0.415. The lowest BCUT2D eigenvalue weighted by Crippen LogP contribution is -2.15. The highest BCUT2D eigenvalue weighted by atomic mass is 16.3. The predicted octanol–water partition coefficient (Wildman–Crippen LogP) is 3.42. The van der Waals surface area contributed by atoms with Crippen molar-refractivity contribution in [2.24, 2.45) is 0 Å². The molecule has 0 spiro atoms. The van der Waals surface area contributed by atoms with Crippen molar-refractivity contribution >= 4 is 0 Å². The van der Waals surface area contributed by atoms with Crippen LogP contribution in [-0.2, 0) is 13.0 Å². The van der Waals surface area contributed by atoms with Crippen LogP contribution in [0.5, 0.6) is 5.75 Å². The maximum Gasteiger partial charge on any atom is 0.122 e. The first-order chi connectivity index (χ1) is 9.27. The van der Waals surface area contributed by atoms with Crippen LogP contribution in [0, 0.1) is 6.92 Å². The van der Waals surface area contributed by atoms with Gasteiger partial charge in [0.2, 0.25) is 0 Å². The summed E-state index contributed by atoms with van der Waals surface area (Å²) in [5, 5.41) is 13.3. The molecule has 2 aromatic rings. The Morgan fingerprint density at radius 3 is 2.58 bits per heavy atom. The van der Waals surface area contributed by atoms with Gasteiger partial charge in [0.15, 0.2) is 0 Å². The first-order valence-corrected chi connectivity index (χ1v) is 6.79. The highest BCUT2D eigenvalue weighted by molar-refractivity contribution is 5.39. The van der Waals surface area contributed by atoms with Gasteiger partial charge in [-0.3, -0.25) is 0 Å². The van der Waals surface area contributed by atoms with Crippen LogP contribution < -0.4 is 5.32 Å². The van der Waals surface area contributed by atoms with E-state index < -0.39 is 0 Å². The highest BCUT2D eigenvalue weighted by Gasteiger charge is 2.02. The Labute approximate surface area is 115 Å². The number of aromatic hydroxyl groups is 1. The molecule has 0 unspecified atom stereocenters. The molecule has 0 aliphatic heterocycles. The van der Waals surface area contributed by atoms with E-state index in [1.165, 1.54) is 5.56 Å². The third-order valence-electron chi connectivity index (χ3n) is 3.30. The Bertz CT molecular complexity index is 508. The predicted molar refractivity (Wildman–Crippen MR) is 79.3 cm³/mol. The third kappa shape index (κ3) is 4.11. The fourth-order valence-electron chi connectivity index (χ4n) is 2.15. The standard InChI is InChI=1S/C17H21NO/c1-14-7-5-11-16(17(14)19)13-18-12-6-10-15-8-3-2-4-9-15/h2-5,7-9,11,18-19H,6,10,12-13H2,1H3. The van der Waals surface area contributed by atoms with E-state index in [4.69, 9.17) is 0 Å². The summed E-state index contributed by atoms with van der Waals surface area (Å²) < 4.78 is 0. The normalized spacial score (nSPS) is 10.6. The number of benzene rings is 2. The van der Waals surface area contributed by atoms with E-state index in [0.717, 1.165) is 37.1 Å². The van der Waals surface area contributed by atoms with Crippen LogP contribution in [0.4, 0.5) is 0 Å². The fraction of sp³-hybridized carbons (Fsp3) is 0.294. The number of hydrogen-bond donors (Lipinski definition) is 2. The molecule has 100 valence electrons. The Morgan fingerprint density at radius 1 is 1.00 bits per heavy atom. The summed E-state index contributed by atoms with van der Waals surface area (Å²) in [7, 11) is 0. The third-order valence-corrected chi connectivity index (χ3v) is 3.30. The van der Waals surface area contributed by atoms with E-state index in [2.05, 4.69) is 29.6 Å². The summed E-state index contributed by atoms with van der Waals surface area (Å²) in [6, 6.07) is 16.4. The van der Waals surface area contributed by atoms with Crippen molar-refractivity contribution in [1.82, 2.24) is 5.32 Å². The van der Waals surface area contributed by atoms with E-state index in [-0.39, 0.29) is 0 Å². The lowest BCUT2D eigenvalue weighted by Gasteiger charge is -2.08. The van der Waals surface area contributed by atoms with E-state index in [9.17, 15) is 5.11 Å². The van der Waals surface area contributed by atoms with E-state index in [1.807, 2.05) is 31.2 Å². The molecule has 0 bridgehead atoms. The molecule has 19 heavy (non-hydrogen) atoms. The van der Waals surface area contributed by atoms with Gasteiger partial charge in [0.25, 0.3) is 0 Å². The Hall–Kier alpha value is -1.80. The van der Waals surface area contributed by atoms with Crippen LogP contribution in [0.15, 0.2) is 48.5 Å². The average molecular weight is 255 g/mol. The molecule has 0 saturated heterocycles. The highest BCUT2D eigenvalue weighted by Crippen LogP contribution is 2.20. The molecule has 0 fully saturated rings. The molecule has 2 N–H and O–H groups in total. The molecular weight excluding hydrogens is 234 g/mol. The van der Waals surface area contributed by atoms with Crippen molar-refractivity contribution in [1.29, 1.82) is 0 Å². The average Bonchev–Trinajstić information content (AvgIpc) is 2.44. The quantitative estimate of drug-likeness (QED) is 0.775. The fourth-order valence-corrected chi connectivity index (χ4v) is 2.15. The number of nitrogens with one attached hydrogen (secondary N) is 1. The van der Waals surface area contributed by atoms with E-state index >= 15 is 0 Å². The lowest BCUT2D eigenvalue weighted by molar-refractivity contribution is 0.460. The molecule has 0 aliphatic rings. The molecule has 2 aromatic carbocycles. The van der Waals surface area contributed by atoms with Gasteiger partial charge in [-0.25, -0.2) is 0 Å². The molecule has 0 amide bonds. The molecule has 2 nitrogen and oxygen atoms in total. The number of phenolic OH excluding ortho intramolecular Hbond substituents is 1. The summed E-state index contributed by atoms with van der Waals surface area (Å²) in [6.07, 6.45) is 2.20. The van der Waals surface area contributed by atoms with Gasteiger partial charge < -0.3 is 10.4 Å². The second-order valence-corrected chi connectivity index (χ2v) is 4.85. The molecule has 0 radical (unpaired) electrons. The van der Waals surface area contributed by atoms with E-state index in [1.54, 1.807) is 0 Å². The lowest BCUT2D eigenvalue weighted by atomic mass is 10.1. The summed E-state index contributed by atoms with van der Waals surface area (Å²) in [5.74, 6) is 0.415. The van der Waals surface area contributed by atoms with Gasteiger partial charge in [-0.15, -0.1) is 0 Å². The van der Waals surface area contributed by atoms with Gasteiger partial charge in [0, 0.05) is 12.1 Å². The van der Waals surface area contributed by atoms with Gasteiger partial charge in [-0.2, -0.15) is 0 Å². The molecule has 0 saturated carbocycles. The smallest absolute Gasteiger partial charge is 0.122 e. The van der Waals surface area contributed by atoms with Crippen molar-refractivity contribution in [3.05, 3.63) is 65.2 Å². The van der Waals surface area contributed by atoms with Crippen LogP contribution in [0.1, 0.15) is 23.1 Å². The minimum Gasteiger partial charge on any atom is -0.507 e.